The summed E-state index contributed by atoms with van der Waals surface area (Å²) in [5.74, 6) is 0. The van der Waals surface area contributed by atoms with Crippen LogP contribution in [0, 0.1) is 6.42 Å². The average molecular weight is 137 g/mol. The molecule has 0 fully saturated rings. The molecule has 0 N–H and O–H groups in total. The first-order valence-corrected chi connectivity index (χ1v) is 3.37. The lowest BCUT2D eigenvalue weighted by Gasteiger charge is -1.94. The second-order valence-corrected chi connectivity index (χ2v) is 2.09. The first-order chi connectivity index (χ1) is 4.93. The van der Waals surface area contributed by atoms with E-state index < -0.39 is 0 Å². The highest BCUT2D eigenvalue weighted by molar-refractivity contribution is 5.21. The lowest BCUT2D eigenvalue weighted by molar-refractivity contribution is 0.494. The Kier molecular flexibility index (Phi) is 2.94. The Bertz CT molecular complexity index is 169. The van der Waals surface area contributed by atoms with Crippen LogP contribution in [-0.4, -0.2) is 6.67 Å². The summed E-state index contributed by atoms with van der Waals surface area (Å²) in [6.45, 7) is -0.269. The zero-order valence-electron chi connectivity index (χ0n) is 5.76. The molecule has 0 aliphatic rings. The molecule has 1 aromatic rings. The third-order valence-corrected chi connectivity index (χ3v) is 1.29. The van der Waals surface area contributed by atoms with Crippen LogP contribution in [-0.2, 0) is 0 Å². The van der Waals surface area contributed by atoms with Crippen molar-refractivity contribution in [2.45, 2.75) is 6.42 Å². The Hall–Kier alpha value is -0.850. The summed E-state index contributed by atoms with van der Waals surface area (Å²) < 4.78 is 11.6. The Morgan fingerprint density at radius 3 is 2.50 bits per heavy atom. The quantitative estimate of drug-likeness (QED) is 0.600. The van der Waals surface area contributed by atoms with Crippen molar-refractivity contribution in [1.29, 1.82) is 0 Å². The van der Waals surface area contributed by atoms with E-state index in [1.54, 1.807) is 0 Å². The van der Waals surface area contributed by atoms with Crippen molar-refractivity contribution < 1.29 is 4.39 Å². The maximum atomic E-state index is 11.6. The largest absolute Gasteiger partial charge is 0.251 e. The summed E-state index contributed by atoms with van der Waals surface area (Å²) >= 11 is 0. The van der Waals surface area contributed by atoms with Crippen molar-refractivity contribution in [2.75, 3.05) is 6.67 Å². The zero-order chi connectivity index (χ0) is 7.23. The van der Waals surface area contributed by atoms with Crippen LogP contribution in [0.25, 0.3) is 0 Å². The highest BCUT2D eigenvalue weighted by Crippen LogP contribution is 2.03. The fraction of sp³-hybridized carbons (Fsp3) is 0.222. The molecule has 1 radical (unpaired) electrons. The summed E-state index contributed by atoms with van der Waals surface area (Å²) in [5.41, 5.74) is 1.10. The predicted octanol–water partition coefficient (Wildman–Crippen LogP) is 2.60. The van der Waals surface area contributed by atoms with Gasteiger partial charge in [-0.05, 0) is 18.4 Å². The molecule has 0 spiro atoms. The van der Waals surface area contributed by atoms with Crippen LogP contribution in [0.2, 0.25) is 0 Å². The van der Waals surface area contributed by atoms with Gasteiger partial charge in [-0.2, -0.15) is 0 Å². The van der Waals surface area contributed by atoms with Gasteiger partial charge in [-0.15, -0.1) is 0 Å². The van der Waals surface area contributed by atoms with Gasteiger partial charge in [0.2, 0.25) is 0 Å². The van der Waals surface area contributed by atoms with Crippen molar-refractivity contribution in [3.05, 3.63) is 42.3 Å². The minimum absolute atomic E-state index is 0.269. The maximum absolute atomic E-state index is 11.6. The van der Waals surface area contributed by atoms with Crippen LogP contribution in [0.15, 0.2) is 30.3 Å². The standard InChI is InChI=1S/C9H10F/c10-8-4-7-9-5-2-1-3-6-9/h1-3,5-7H,4,8H2. The van der Waals surface area contributed by atoms with Gasteiger partial charge >= 0.3 is 0 Å². The molecular weight excluding hydrogens is 127 g/mol. The van der Waals surface area contributed by atoms with Crippen LogP contribution in [0.1, 0.15) is 12.0 Å². The molecule has 0 aliphatic carbocycles. The summed E-state index contributed by atoms with van der Waals surface area (Å²) in [7, 11) is 0. The first-order valence-electron chi connectivity index (χ1n) is 3.37. The molecule has 0 saturated carbocycles. The monoisotopic (exact) mass is 137 g/mol. The third kappa shape index (κ3) is 2.18. The van der Waals surface area contributed by atoms with Gasteiger partial charge in [0.1, 0.15) is 0 Å². The van der Waals surface area contributed by atoms with Crippen LogP contribution in [0.4, 0.5) is 4.39 Å². The minimum atomic E-state index is -0.269. The fourth-order valence-corrected chi connectivity index (χ4v) is 0.810. The second kappa shape index (κ2) is 4.04. The van der Waals surface area contributed by atoms with Crippen molar-refractivity contribution in [3.63, 3.8) is 0 Å². The van der Waals surface area contributed by atoms with Crippen LogP contribution in [0.5, 0.6) is 0 Å². The van der Waals surface area contributed by atoms with Gasteiger partial charge in [0.25, 0.3) is 0 Å². The minimum Gasteiger partial charge on any atom is -0.251 e. The molecule has 0 saturated heterocycles. The Morgan fingerprint density at radius 2 is 1.90 bits per heavy atom. The molecular formula is C9H10F. The molecule has 0 atom stereocenters. The average Bonchev–Trinajstić information content (AvgIpc) is 2.03. The van der Waals surface area contributed by atoms with E-state index in [1.165, 1.54) is 0 Å². The smallest absolute Gasteiger partial charge is 0.0900 e. The lowest BCUT2D eigenvalue weighted by Crippen LogP contribution is -1.81. The first kappa shape index (κ1) is 7.26. The van der Waals surface area contributed by atoms with Gasteiger partial charge in [0, 0.05) is 0 Å². The van der Waals surface area contributed by atoms with Gasteiger partial charge in [-0.1, -0.05) is 30.3 Å². The number of hydrogen-bond donors (Lipinski definition) is 0. The molecule has 1 rings (SSSR count). The van der Waals surface area contributed by atoms with E-state index in [0.29, 0.717) is 6.42 Å². The highest BCUT2D eigenvalue weighted by atomic mass is 19.1. The van der Waals surface area contributed by atoms with E-state index in [0.717, 1.165) is 5.56 Å². The van der Waals surface area contributed by atoms with E-state index in [1.807, 2.05) is 36.8 Å². The van der Waals surface area contributed by atoms with E-state index >= 15 is 0 Å². The number of rotatable bonds is 3. The Balaban J connectivity index is 2.43. The second-order valence-electron chi connectivity index (χ2n) is 2.09. The molecule has 0 bridgehead atoms. The summed E-state index contributed by atoms with van der Waals surface area (Å²) in [4.78, 5) is 0. The van der Waals surface area contributed by atoms with Crippen LogP contribution < -0.4 is 0 Å². The molecule has 10 heavy (non-hydrogen) atoms. The number of benzene rings is 1. The highest BCUT2D eigenvalue weighted by Gasteiger charge is 1.89. The van der Waals surface area contributed by atoms with Crippen LogP contribution in [0.3, 0.4) is 0 Å². The predicted molar refractivity (Wildman–Crippen MR) is 40.4 cm³/mol. The molecule has 0 aromatic heterocycles. The lowest BCUT2D eigenvalue weighted by atomic mass is 10.1. The zero-order valence-corrected chi connectivity index (χ0v) is 5.76. The number of hydrogen-bond acceptors (Lipinski definition) is 0. The topological polar surface area (TPSA) is 0 Å². The molecule has 53 valence electrons. The van der Waals surface area contributed by atoms with Gasteiger partial charge < -0.3 is 0 Å². The Morgan fingerprint density at radius 1 is 1.20 bits per heavy atom. The van der Waals surface area contributed by atoms with Gasteiger partial charge in [-0.25, -0.2) is 0 Å². The third-order valence-electron chi connectivity index (χ3n) is 1.29. The van der Waals surface area contributed by atoms with E-state index in [-0.39, 0.29) is 6.67 Å². The van der Waals surface area contributed by atoms with Crippen molar-refractivity contribution in [1.82, 2.24) is 0 Å². The van der Waals surface area contributed by atoms with E-state index in [4.69, 9.17) is 0 Å². The SMILES string of the molecule is FCC[CH]c1ccccc1. The molecule has 1 heteroatoms. The maximum Gasteiger partial charge on any atom is 0.0900 e. The van der Waals surface area contributed by atoms with Gasteiger partial charge in [-0.3, -0.25) is 4.39 Å². The Labute approximate surface area is 60.7 Å². The fourth-order valence-electron chi connectivity index (χ4n) is 0.810. The molecule has 0 unspecified atom stereocenters. The van der Waals surface area contributed by atoms with E-state index in [9.17, 15) is 4.39 Å². The van der Waals surface area contributed by atoms with Gasteiger partial charge in [0.15, 0.2) is 0 Å². The molecule has 1 aromatic carbocycles. The summed E-state index contributed by atoms with van der Waals surface area (Å²) in [6.07, 6.45) is 2.41. The number of halogens is 1. The summed E-state index contributed by atoms with van der Waals surface area (Å²) in [5, 5.41) is 0. The van der Waals surface area contributed by atoms with Crippen molar-refractivity contribution in [2.24, 2.45) is 0 Å². The molecule has 0 aliphatic heterocycles. The van der Waals surface area contributed by atoms with Gasteiger partial charge in [0.05, 0.1) is 6.67 Å². The normalized spacial score (nSPS) is 9.70. The number of alkyl halides is 1. The molecule has 0 heterocycles. The molecule has 0 amide bonds. The van der Waals surface area contributed by atoms with Crippen molar-refractivity contribution >= 4 is 0 Å². The van der Waals surface area contributed by atoms with Crippen molar-refractivity contribution in [3.8, 4) is 0 Å². The van der Waals surface area contributed by atoms with E-state index in [2.05, 4.69) is 0 Å². The van der Waals surface area contributed by atoms with Crippen LogP contribution >= 0.6 is 0 Å². The summed E-state index contributed by atoms with van der Waals surface area (Å²) in [6, 6.07) is 9.78. The molecule has 0 nitrogen and oxygen atoms in total.